The number of benzene rings is 1. The van der Waals surface area contributed by atoms with Gasteiger partial charge in [-0.1, -0.05) is 12.1 Å². The molecule has 0 atom stereocenters. The SMILES string of the molecule is Nc1cccc(CN(c2ccncn2)C2CC2)c1. The maximum absolute atomic E-state index is 5.82. The summed E-state index contributed by atoms with van der Waals surface area (Å²) in [6.45, 7) is 0.854. The van der Waals surface area contributed by atoms with Gasteiger partial charge in [-0.2, -0.15) is 0 Å². The van der Waals surface area contributed by atoms with E-state index in [-0.39, 0.29) is 0 Å². The largest absolute Gasteiger partial charge is 0.399 e. The first-order valence-corrected chi connectivity index (χ1v) is 6.20. The maximum atomic E-state index is 5.82. The molecule has 1 saturated carbocycles. The lowest BCUT2D eigenvalue weighted by Gasteiger charge is -2.23. The van der Waals surface area contributed by atoms with Crippen LogP contribution in [0.5, 0.6) is 0 Å². The van der Waals surface area contributed by atoms with Crippen LogP contribution in [0, 0.1) is 0 Å². The molecule has 0 spiro atoms. The van der Waals surface area contributed by atoms with Crippen molar-refractivity contribution in [2.45, 2.75) is 25.4 Å². The summed E-state index contributed by atoms with van der Waals surface area (Å²) in [4.78, 5) is 10.6. The number of anilines is 2. The quantitative estimate of drug-likeness (QED) is 0.833. The van der Waals surface area contributed by atoms with Crippen LogP contribution in [0.25, 0.3) is 0 Å². The van der Waals surface area contributed by atoms with Crippen molar-refractivity contribution in [3.8, 4) is 0 Å². The van der Waals surface area contributed by atoms with Crippen LogP contribution in [-0.2, 0) is 6.54 Å². The molecule has 1 heterocycles. The first-order valence-electron chi connectivity index (χ1n) is 6.20. The lowest BCUT2D eigenvalue weighted by atomic mass is 10.2. The number of hydrogen-bond acceptors (Lipinski definition) is 4. The van der Waals surface area contributed by atoms with Gasteiger partial charge in [0.05, 0.1) is 0 Å². The van der Waals surface area contributed by atoms with Gasteiger partial charge in [0.15, 0.2) is 0 Å². The summed E-state index contributed by atoms with van der Waals surface area (Å²) in [6, 6.07) is 10.6. The Balaban J connectivity index is 1.83. The van der Waals surface area contributed by atoms with Crippen molar-refractivity contribution in [3.05, 3.63) is 48.4 Å². The molecule has 3 rings (SSSR count). The van der Waals surface area contributed by atoms with Crippen LogP contribution in [0.4, 0.5) is 11.5 Å². The van der Waals surface area contributed by atoms with E-state index in [9.17, 15) is 0 Å². The van der Waals surface area contributed by atoms with Gasteiger partial charge in [-0.15, -0.1) is 0 Å². The van der Waals surface area contributed by atoms with Gasteiger partial charge in [-0.25, -0.2) is 9.97 Å². The van der Waals surface area contributed by atoms with E-state index in [2.05, 4.69) is 20.9 Å². The van der Waals surface area contributed by atoms with E-state index >= 15 is 0 Å². The Morgan fingerprint density at radius 1 is 1.28 bits per heavy atom. The van der Waals surface area contributed by atoms with Crippen LogP contribution in [0.15, 0.2) is 42.9 Å². The molecular formula is C14H16N4. The predicted octanol–water partition coefficient (Wildman–Crippen LogP) is 2.23. The minimum Gasteiger partial charge on any atom is -0.399 e. The van der Waals surface area contributed by atoms with Crippen molar-refractivity contribution in [1.82, 2.24) is 9.97 Å². The van der Waals surface area contributed by atoms with E-state index in [4.69, 9.17) is 5.73 Å². The molecule has 1 aromatic heterocycles. The molecular weight excluding hydrogens is 224 g/mol. The molecule has 0 saturated heterocycles. The van der Waals surface area contributed by atoms with E-state index in [0.717, 1.165) is 18.1 Å². The molecule has 18 heavy (non-hydrogen) atoms. The van der Waals surface area contributed by atoms with Crippen LogP contribution in [0.1, 0.15) is 18.4 Å². The maximum Gasteiger partial charge on any atom is 0.132 e. The van der Waals surface area contributed by atoms with Gasteiger partial charge in [0, 0.05) is 24.5 Å². The topological polar surface area (TPSA) is 55.0 Å². The van der Waals surface area contributed by atoms with E-state index in [0.29, 0.717) is 6.04 Å². The average Bonchev–Trinajstić information content (AvgIpc) is 3.21. The highest BCUT2D eigenvalue weighted by atomic mass is 15.2. The van der Waals surface area contributed by atoms with Gasteiger partial charge in [-0.3, -0.25) is 0 Å². The molecule has 1 aromatic carbocycles. The zero-order valence-corrected chi connectivity index (χ0v) is 10.2. The average molecular weight is 240 g/mol. The minimum absolute atomic E-state index is 0.612. The third-order valence-electron chi connectivity index (χ3n) is 3.15. The highest BCUT2D eigenvalue weighted by Gasteiger charge is 2.29. The predicted molar refractivity (Wildman–Crippen MR) is 72.1 cm³/mol. The highest BCUT2D eigenvalue weighted by molar-refractivity contribution is 5.45. The second-order valence-corrected chi connectivity index (χ2v) is 4.67. The molecule has 4 nitrogen and oxygen atoms in total. The number of nitrogen functional groups attached to an aromatic ring is 1. The Morgan fingerprint density at radius 2 is 2.17 bits per heavy atom. The molecule has 0 bridgehead atoms. The highest BCUT2D eigenvalue weighted by Crippen LogP contribution is 2.31. The van der Waals surface area contributed by atoms with E-state index in [1.54, 1.807) is 12.5 Å². The Kier molecular flexibility index (Phi) is 2.84. The Bertz CT molecular complexity index is 522. The second-order valence-electron chi connectivity index (χ2n) is 4.67. The Labute approximate surface area is 106 Å². The van der Waals surface area contributed by atoms with Crippen molar-refractivity contribution < 1.29 is 0 Å². The summed E-state index contributed by atoms with van der Waals surface area (Å²) in [7, 11) is 0. The van der Waals surface area contributed by atoms with Crippen LogP contribution in [0.2, 0.25) is 0 Å². The number of rotatable bonds is 4. The van der Waals surface area contributed by atoms with Crippen molar-refractivity contribution in [1.29, 1.82) is 0 Å². The molecule has 92 valence electrons. The summed E-state index contributed by atoms with van der Waals surface area (Å²) in [5, 5.41) is 0. The molecule has 1 fully saturated rings. The molecule has 4 heteroatoms. The number of hydrogen-bond donors (Lipinski definition) is 1. The summed E-state index contributed by atoms with van der Waals surface area (Å²) < 4.78 is 0. The first kappa shape index (κ1) is 11.0. The summed E-state index contributed by atoms with van der Waals surface area (Å²) in [5.74, 6) is 0.995. The zero-order valence-electron chi connectivity index (χ0n) is 10.2. The number of nitrogens with zero attached hydrogens (tertiary/aromatic N) is 3. The molecule has 0 unspecified atom stereocenters. The van der Waals surface area contributed by atoms with Crippen LogP contribution in [0.3, 0.4) is 0 Å². The molecule has 2 N–H and O–H groups in total. The van der Waals surface area contributed by atoms with Gasteiger partial charge < -0.3 is 10.6 Å². The first-order chi connectivity index (χ1) is 8.83. The van der Waals surface area contributed by atoms with E-state index in [1.807, 2.05) is 24.3 Å². The number of nitrogens with two attached hydrogens (primary N) is 1. The number of aromatic nitrogens is 2. The van der Waals surface area contributed by atoms with Gasteiger partial charge in [0.1, 0.15) is 12.1 Å². The molecule has 0 radical (unpaired) electrons. The van der Waals surface area contributed by atoms with Crippen LogP contribution >= 0.6 is 0 Å². The smallest absolute Gasteiger partial charge is 0.132 e. The van der Waals surface area contributed by atoms with Crippen molar-refractivity contribution in [2.75, 3.05) is 10.6 Å². The molecule has 1 aliphatic carbocycles. The lowest BCUT2D eigenvalue weighted by molar-refractivity contribution is 0.775. The fourth-order valence-corrected chi connectivity index (χ4v) is 2.13. The Morgan fingerprint density at radius 3 is 2.83 bits per heavy atom. The molecule has 1 aliphatic rings. The summed E-state index contributed by atoms with van der Waals surface area (Å²) in [5.41, 5.74) is 7.85. The van der Waals surface area contributed by atoms with Gasteiger partial charge in [0.25, 0.3) is 0 Å². The Hall–Kier alpha value is -2.10. The monoisotopic (exact) mass is 240 g/mol. The third-order valence-corrected chi connectivity index (χ3v) is 3.15. The normalized spacial score (nSPS) is 14.4. The standard InChI is InChI=1S/C14H16N4/c15-12-3-1-2-11(8-12)9-18(13-4-5-13)14-6-7-16-10-17-14/h1-3,6-8,10,13H,4-5,9,15H2. The minimum atomic E-state index is 0.612. The zero-order chi connectivity index (χ0) is 12.4. The fourth-order valence-electron chi connectivity index (χ4n) is 2.13. The molecule has 0 aliphatic heterocycles. The lowest BCUT2D eigenvalue weighted by Crippen LogP contribution is -2.25. The molecule has 0 amide bonds. The van der Waals surface area contributed by atoms with Crippen molar-refractivity contribution in [2.24, 2.45) is 0 Å². The van der Waals surface area contributed by atoms with Gasteiger partial charge in [-0.05, 0) is 36.6 Å². The molecule has 2 aromatic rings. The summed E-state index contributed by atoms with van der Waals surface area (Å²) in [6.07, 6.45) is 5.87. The second kappa shape index (κ2) is 4.64. The van der Waals surface area contributed by atoms with E-state index in [1.165, 1.54) is 18.4 Å². The van der Waals surface area contributed by atoms with Gasteiger partial charge >= 0.3 is 0 Å². The van der Waals surface area contributed by atoms with Crippen LogP contribution in [-0.4, -0.2) is 16.0 Å². The van der Waals surface area contributed by atoms with Crippen molar-refractivity contribution >= 4 is 11.5 Å². The third kappa shape index (κ3) is 2.42. The van der Waals surface area contributed by atoms with Crippen molar-refractivity contribution in [3.63, 3.8) is 0 Å². The summed E-state index contributed by atoms with van der Waals surface area (Å²) >= 11 is 0. The van der Waals surface area contributed by atoms with E-state index < -0.39 is 0 Å². The fraction of sp³-hybridized carbons (Fsp3) is 0.286. The van der Waals surface area contributed by atoms with Gasteiger partial charge in [0.2, 0.25) is 0 Å². The van der Waals surface area contributed by atoms with Crippen LogP contribution < -0.4 is 10.6 Å².